The summed E-state index contributed by atoms with van der Waals surface area (Å²) in [4.78, 5) is 21.1. The molecule has 0 bridgehead atoms. The van der Waals surface area contributed by atoms with Crippen molar-refractivity contribution < 1.29 is 9.53 Å². The maximum Gasteiger partial charge on any atom is 0.240 e. The van der Waals surface area contributed by atoms with Crippen LogP contribution in [0.4, 0.5) is 0 Å². The standard InChI is InChI=1S/C20H21N5O2/c1-13(11-21)25(2)20(26)17(22)9-14-12-24-18-7-6-15(10-16(14)18)27-19-5-3-4-8-23-19/h3-8,10,12-13,17,24H,9,22H2,1-2H3/t13?,17-/m0/s1. The van der Waals surface area contributed by atoms with Crippen LogP contribution in [-0.4, -0.2) is 39.9 Å². The lowest BCUT2D eigenvalue weighted by atomic mass is 10.0. The van der Waals surface area contributed by atoms with Gasteiger partial charge >= 0.3 is 0 Å². The van der Waals surface area contributed by atoms with Gasteiger partial charge in [0, 0.05) is 36.4 Å². The molecule has 27 heavy (non-hydrogen) atoms. The van der Waals surface area contributed by atoms with Crippen LogP contribution in [0.2, 0.25) is 0 Å². The largest absolute Gasteiger partial charge is 0.439 e. The summed E-state index contributed by atoms with van der Waals surface area (Å²) in [5, 5.41) is 9.91. The SMILES string of the molecule is CC(C#N)N(C)C(=O)[C@@H](N)Cc1c[nH]c2ccc(Oc3ccccn3)cc12. The van der Waals surface area contributed by atoms with Crippen LogP contribution in [0.1, 0.15) is 12.5 Å². The summed E-state index contributed by atoms with van der Waals surface area (Å²) in [6, 6.07) is 11.9. The summed E-state index contributed by atoms with van der Waals surface area (Å²) in [6.45, 7) is 1.66. The second-order valence-electron chi connectivity index (χ2n) is 6.36. The number of H-pyrrole nitrogens is 1. The smallest absolute Gasteiger partial charge is 0.240 e. The summed E-state index contributed by atoms with van der Waals surface area (Å²) in [7, 11) is 1.59. The van der Waals surface area contributed by atoms with Crippen molar-refractivity contribution in [2.24, 2.45) is 5.73 Å². The van der Waals surface area contributed by atoms with Crippen LogP contribution in [0.3, 0.4) is 0 Å². The van der Waals surface area contributed by atoms with Gasteiger partial charge in [0.15, 0.2) is 0 Å². The zero-order valence-electron chi connectivity index (χ0n) is 15.2. The van der Waals surface area contributed by atoms with E-state index in [2.05, 4.69) is 9.97 Å². The Hall–Kier alpha value is -3.37. The molecule has 1 aromatic carbocycles. The topological polar surface area (TPSA) is 108 Å². The summed E-state index contributed by atoms with van der Waals surface area (Å²) >= 11 is 0. The van der Waals surface area contributed by atoms with Crippen LogP contribution in [-0.2, 0) is 11.2 Å². The average Bonchev–Trinajstić information content (AvgIpc) is 3.09. The highest BCUT2D eigenvalue weighted by Crippen LogP contribution is 2.27. The number of likely N-dealkylation sites (N-methyl/N-ethyl adjacent to an activating group) is 1. The number of aromatic amines is 1. The second kappa shape index (κ2) is 7.89. The molecule has 2 aromatic heterocycles. The van der Waals surface area contributed by atoms with Gasteiger partial charge in [0.2, 0.25) is 11.8 Å². The van der Waals surface area contributed by atoms with Crippen LogP contribution in [0.25, 0.3) is 10.9 Å². The molecular weight excluding hydrogens is 342 g/mol. The van der Waals surface area contributed by atoms with Gasteiger partial charge in [0.1, 0.15) is 11.8 Å². The molecule has 3 rings (SSSR count). The van der Waals surface area contributed by atoms with Crippen molar-refractivity contribution in [2.75, 3.05) is 7.05 Å². The Balaban J connectivity index is 1.80. The van der Waals surface area contributed by atoms with E-state index in [1.807, 2.05) is 42.6 Å². The molecule has 1 amide bonds. The Morgan fingerprint density at radius 2 is 2.22 bits per heavy atom. The van der Waals surface area contributed by atoms with Crippen molar-refractivity contribution in [3.05, 3.63) is 54.4 Å². The molecule has 0 saturated carbocycles. The molecule has 7 heteroatoms. The maximum absolute atomic E-state index is 12.4. The Bertz CT molecular complexity index is 977. The van der Waals surface area contributed by atoms with Gasteiger partial charge in [-0.1, -0.05) is 6.07 Å². The number of nitrogens with two attached hydrogens (primary N) is 1. The highest BCUT2D eigenvalue weighted by atomic mass is 16.5. The summed E-state index contributed by atoms with van der Waals surface area (Å²) in [5.74, 6) is 0.893. The first-order valence-electron chi connectivity index (χ1n) is 8.60. The average molecular weight is 363 g/mol. The monoisotopic (exact) mass is 363 g/mol. The fraction of sp³-hybridized carbons (Fsp3) is 0.250. The van der Waals surface area contributed by atoms with Crippen molar-refractivity contribution in [1.82, 2.24) is 14.9 Å². The van der Waals surface area contributed by atoms with Crippen molar-refractivity contribution in [3.8, 4) is 17.7 Å². The Morgan fingerprint density at radius 1 is 1.41 bits per heavy atom. The molecule has 0 fully saturated rings. The highest BCUT2D eigenvalue weighted by molar-refractivity contribution is 5.87. The number of pyridine rings is 1. The third kappa shape index (κ3) is 4.07. The van der Waals surface area contributed by atoms with Gasteiger partial charge in [-0.15, -0.1) is 0 Å². The number of aromatic nitrogens is 2. The van der Waals surface area contributed by atoms with E-state index in [-0.39, 0.29) is 5.91 Å². The van der Waals surface area contributed by atoms with E-state index in [0.717, 1.165) is 16.5 Å². The maximum atomic E-state index is 12.4. The minimum atomic E-state index is -0.731. The van der Waals surface area contributed by atoms with Crippen molar-refractivity contribution in [2.45, 2.75) is 25.4 Å². The number of carbonyl (C=O) groups excluding carboxylic acids is 1. The highest BCUT2D eigenvalue weighted by Gasteiger charge is 2.23. The van der Waals surface area contributed by atoms with E-state index in [1.54, 1.807) is 26.2 Å². The number of carbonyl (C=O) groups is 1. The number of nitrogens with one attached hydrogen (secondary N) is 1. The molecule has 0 aliphatic rings. The normalized spacial score (nSPS) is 13.0. The number of amides is 1. The fourth-order valence-electron chi connectivity index (χ4n) is 2.78. The molecule has 3 N–H and O–H groups in total. The van der Waals surface area contributed by atoms with Crippen LogP contribution < -0.4 is 10.5 Å². The molecule has 2 atom stereocenters. The molecule has 0 saturated heterocycles. The first kappa shape index (κ1) is 18.4. The van der Waals surface area contributed by atoms with E-state index in [9.17, 15) is 4.79 Å². The lowest BCUT2D eigenvalue weighted by molar-refractivity contribution is -0.132. The molecule has 0 spiro atoms. The Kier molecular flexibility index (Phi) is 5.38. The number of ether oxygens (including phenoxy) is 1. The van der Waals surface area contributed by atoms with E-state index in [0.29, 0.717) is 18.1 Å². The van der Waals surface area contributed by atoms with Gasteiger partial charge < -0.3 is 20.4 Å². The number of rotatable bonds is 6. The molecule has 3 aromatic rings. The van der Waals surface area contributed by atoms with Gasteiger partial charge in [-0.3, -0.25) is 4.79 Å². The number of hydrogen-bond donors (Lipinski definition) is 2. The van der Waals surface area contributed by atoms with Crippen LogP contribution in [0.15, 0.2) is 48.8 Å². The molecule has 7 nitrogen and oxygen atoms in total. The summed E-state index contributed by atoms with van der Waals surface area (Å²) in [6.07, 6.45) is 3.86. The lowest BCUT2D eigenvalue weighted by Gasteiger charge is -2.23. The van der Waals surface area contributed by atoms with Crippen molar-refractivity contribution >= 4 is 16.8 Å². The quantitative estimate of drug-likeness (QED) is 0.700. The predicted molar refractivity (Wildman–Crippen MR) is 102 cm³/mol. The number of benzene rings is 1. The summed E-state index contributed by atoms with van der Waals surface area (Å²) < 4.78 is 5.78. The third-order valence-electron chi connectivity index (χ3n) is 4.47. The first-order chi connectivity index (χ1) is 13.0. The van der Waals surface area contributed by atoms with E-state index in [1.165, 1.54) is 4.90 Å². The second-order valence-corrected chi connectivity index (χ2v) is 6.36. The molecule has 2 heterocycles. The fourth-order valence-corrected chi connectivity index (χ4v) is 2.78. The lowest BCUT2D eigenvalue weighted by Crippen LogP contribution is -2.46. The van der Waals surface area contributed by atoms with Crippen LogP contribution >= 0.6 is 0 Å². The number of fused-ring (bicyclic) bond motifs is 1. The van der Waals surface area contributed by atoms with E-state index >= 15 is 0 Å². The third-order valence-corrected chi connectivity index (χ3v) is 4.47. The molecule has 1 unspecified atom stereocenters. The van der Waals surface area contributed by atoms with Gasteiger partial charge in [0.25, 0.3) is 0 Å². The molecule has 0 aliphatic carbocycles. The molecule has 138 valence electrons. The van der Waals surface area contributed by atoms with E-state index in [4.69, 9.17) is 15.7 Å². The van der Waals surface area contributed by atoms with Crippen molar-refractivity contribution in [3.63, 3.8) is 0 Å². The summed E-state index contributed by atoms with van der Waals surface area (Å²) in [5.41, 5.74) is 7.94. The van der Waals surface area contributed by atoms with Gasteiger partial charge in [0.05, 0.1) is 12.1 Å². The Labute approximate surface area is 157 Å². The van der Waals surface area contributed by atoms with Gasteiger partial charge in [-0.25, -0.2) is 4.98 Å². The van der Waals surface area contributed by atoms with Crippen LogP contribution in [0, 0.1) is 11.3 Å². The zero-order valence-corrected chi connectivity index (χ0v) is 15.2. The number of nitriles is 1. The zero-order chi connectivity index (χ0) is 19.4. The van der Waals surface area contributed by atoms with Crippen LogP contribution in [0.5, 0.6) is 11.6 Å². The Morgan fingerprint density at radius 3 is 2.93 bits per heavy atom. The van der Waals surface area contributed by atoms with E-state index < -0.39 is 12.1 Å². The van der Waals surface area contributed by atoms with Gasteiger partial charge in [-0.05, 0) is 43.2 Å². The number of hydrogen-bond acceptors (Lipinski definition) is 5. The predicted octanol–water partition coefficient (Wildman–Crippen LogP) is 2.60. The molecule has 0 radical (unpaired) electrons. The number of nitrogens with zero attached hydrogens (tertiary/aromatic N) is 3. The van der Waals surface area contributed by atoms with Crippen molar-refractivity contribution in [1.29, 1.82) is 5.26 Å². The first-order valence-corrected chi connectivity index (χ1v) is 8.60. The molecule has 0 aliphatic heterocycles. The minimum absolute atomic E-state index is 0.265. The van der Waals surface area contributed by atoms with Gasteiger partial charge in [-0.2, -0.15) is 5.26 Å². The molecular formula is C20H21N5O2. The minimum Gasteiger partial charge on any atom is -0.439 e.